The molecule has 1 fully saturated rings. The minimum Gasteiger partial charge on any atom is -0.479 e. The second-order valence-electron chi connectivity index (χ2n) is 8.03. The van der Waals surface area contributed by atoms with Crippen LogP contribution in [0.15, 0.2) is 30.5 Å². The van der Waals surface area contributed by atoms with Gasteiger partial charge < -0.3 is 15.0 Å². The summed E-state index contributed by atoms with van der Waals surface area (Å²) in [6.45, 7) is -0.0550. The summed E-state index contributed by atoms with van der Waals surface area (Å²) in [7, 11) is 1.42. The number of amides is 1. The predicted molar refractivity (Wildman–Crippen MR) is 117 cm³/mol. The summed E-state index contributed by atoms with van der Waals surface area (Å²) < 4.78 is 50.1. The van der Waals surface area contributed by atoms with Gasteiger partial charge in [0.15, 0.2) is 0 Å². The molecule has 1 aromatic carbocycles. The first-order valence-corrected chi connectivity index (χ1v) is 10.5. The van der Waals surface area contributed by atoms with E-state index in [1.54, 1.807) is 18.3 Å². The van der Waals surface area contributed by atoms with E-state index in [9.17, 15) is 18.0 Å². The van der Waals surface area contributed by atoms with E-state index in [4.69, 9.17) is 4.74 Å². The van der Waals surface area contributed by atoms with Crippen molar-refractivity contribution in [2.75, 3.05) is 32.2 Å². The molecule has 1 atom stereocenters. The van der Waals surface area contributed by atoms with Gasteiger partial charge in [0.2, 0.25) is 17.7 Å². The third-order valence-corrected chi connectivity index (χ3v) is 5.86. The molecule has 4 heterocycles. The van der Waals surface area contributed by atoms with Gasteiger partial charge in [0.05, 0.1) is 25.7 Å². The number of aromatic nitrogens is 6. The lowest BCUT2D eigenvalue weighted by atomic mass is 10.1. The first-order chi connectivity index (χ1) is 16.3. The SMILES string of the molecule is COc1nc(N[C@@H]2CN(C(C)=O)CC2(F)F)nn2ccc(-c3ccc4nnn(CCF)c4c3)c12. The molecule has 3 aromatic heterocycles. The Morgan fingerprint density at radius 1 is 1.32 bits per heavy atom. The Kier molecular flexibility index (Phi) is 5.25. The molecule has 5 rings (SSSR count). The highest BCUT2D eigenvalue weighted by molar-refractivity contribution is 5.89. The van der Waals surface area contributed by atoms with Crippen LogP contribution in [-0.2, 0) is 11.3 Å². The molecule has 1 saturated heterocycles. The van der Waals surface area contributed by atoms with Crippen LogP contribution in [0.4, 0.5) is 19.1 Å². The fourth-order valence-electron chi connectivity index (χ4n) is 4.14. The molecular weight excluding hydrogens is 453 g/mol. The third kappa shape index (κ3) is 3.66. The van der Waals surface area contributed by atoms with Crippen molar-refractivity contribution in [2.45, 2.75) is 25.4 Å². The number of carbonyl (C=O) groups excluding carboxylic acids is 1. The van der Waals surface area contributed by atoms with E-state index in [1.807, 2.05) is 12.1 Å². The second-order valence-corrected chi connectivity index (χ2v) is 8.03. The first kappa shape index (κ1) is 21.9. The molecule has 1 aliphatic heterocycles. The van der Waals surface area contributed by atoms with Crippen molar-refractivity contribution in [1.29, 1.82) is 0 Å². The average Bonchev–Trinajstić information content (AvgIpc) is 3.49. The highest BCUT2D eigenvalue weighted by Gasteiger charge is 2.49. The molecule has 13 heteroatoms. The maximum Gasteiger partial charge on any atom is 0.286 e. The lowest BCUT2D eigenvalue weighted by Gasteiger charge is -2.19. The number of benzene rings is 1. The van der Waals surface area contributed by atoms with Crippen molar-refractivity contribution in [3.63, 3.8) is 0 Å². The number of hydrogen-bond donors (Lipinski definition) is 1. The molecule has 0 unspecified atom stereocenters. The number of alkyl halides is 3. The van der Waals surface area contributed by atoms with Gasteiger partial charge >= 0.3 is 0 Å². The maximum atomic E-state index is 14.4. The van der Waals surface area contributed by atoms with E-state index in [1.165, 1.54) is 23.2 Å². The molecule has 1 aliphatic rings. The molecule has 34 heavy (non-hydrogen) atoms. The van der Waals surface area contributed by atoms with Crippen molar-refractivity contribution >= 4 is 28.4 Å². The van der Waals surface area contributed by atoms with E-state index in [0.29, 0.717) is 16.6 Å². The van der Waals surface area contributed by atoms with Crippen LogP contribution in [0.3, 0.4) is 0 Å². The van der Waals surface area contributed by atoms with Crippen LogP contribution < -0.4 is 10.1 Å². The Hall–Kier alpha value is -3.90. The molecule has 1 N–H and O–H groups in total. The van der Waals surface area contributed by atoms with Crippen LogP contribution in [0.5, 0.6) is 5.88 Å². The van der Waals surface area contributed by atoms with Gasteiger partial charge in [0, 0.05) is 25.2 Å². The van der Waals surface area contributed by atoms with Crippen molar-refractivity contribution in [3.05, 3.63) is 30.5 Å². The summed E-state index contributed by atoms with van der Waals surface area (Å²) in [4.78, 5) is 16.9. The zero-order valence-electron chi connectivity index (χ0n) is 18.4. The van der Waals surface area contributed by atoms with Crippen LogP contribution in [0.1, 0.15) is 6.92 Å². The Labute approximate surface area is 191 Å². The number of anilines is 1. The molecule has 0 radical (unpaired) electrons. The summed E-state index contributed by atoms with van der Waals surface area (Å²) >= 11 is 0. The topological polar surface area (TPSA) is 102 Å². The first-order valence-electron chi connectivity index (χ1n) is 10.5. The van der Waals surface area contributed by atoms with Crippen LogP contribution in [0, 0.1) is 0 Å². The number of rotatable bonds is 6. The number of ether oxygens (including phenoxy) is 1. The number of fused-ring (bicyclic) bond motifs is 2. The van der Waals surface area contributed by atoms with E-state index >= 15 is 0 Å². The number of carbonyl (C=O) groups is 1. The molecule has 0 saturated carbocycles. The Morgan fingerprint density at radius 2 is 2.15 bits per heavy atom. The smallest absolute Gasteiger partial charge is 0.286 e. The standard InChI is InChI=1S/C21H21F3N8O2/c1-12(33)30-10-17(21(23,24)11-30)25-20-26-19(34-2)18-14(5-7-32(18)28-20)13-3-4-15-16(9-13)31(8-6-22)29-27-15/h3-5,7,9,17H,6,8,10-11H2,1-2H3,(H,25,28)/t17-/m1/s1. The van der Waals surface area contributed by atoms with Crippen molar-refractivity contribution in [3.8, 4) is 17.0 Å². The van der Waals surface area contributed by atoms with Gasteiger partial charge in [0.1, 0.15) is 23.7 Å². The largest absolute Gasteiger partial charge is 0.479 e. The summed E-state index contributed by atoms with van der Waals surface area (Å²) in [5.74, 6) is -3.43. The zero-order chi connectivity index (χ0) is 24.0. The van der Waals surface area contributed by atoms with E-state index in [2.05, 4.69) is 25.7 Å². The Balaban J connectivity index is 1.52. The highest BCUT2D eigenvalue weighted by atomic mass is 19.3. The normalized spacial score (nSPS) is 17.6. The molecular formula is C21H21F3N8O2. The number of methoxy groups -OCH3 is 1. The molecule has 4 aromatic rings. The maximum absolute atomic E-state index is 14.4. The predicted octanol–water partition coefficient (Wildman–Crippen LogP) is 2.40. The number of nitrogens with zero attached hydrogens (tertiary/aromatic N) is 7. The second kappa shape index (κ2) is 8.15. The third-order valence-electron chi connectivity index (χ3n) is 5.86. The number of nitrogens with one attached hydrogen (secondary N) is 1. The number of hydrogen-bond acceptors (Lipinski definition) is 7. The molecule has 0 aliphatic carbocycles. The van der Waals surface area contributed by atoms with Gasteiger partial charge in [-0.3, -0.25) is 4.79 Å². The van der Waals surface area contributed by atoms with Gasteiger partial charge in [-0.1, -0.05) is 11.3 Å². The molecule has 0 spiro atoms. The summed E-state index contributed by atoms with van der Waals surface area (Å²) in [5.41, 5.74) is 3.34. The molecule has 10 nitrogen and oxygen atoms in total. The summed E-state index contributed by atoms with van der Waals surface area (Å²) in [5, 5.41) is 15.0. The van der Waals surface area contributed by atoms with Gasteiger partial charge in [0.25, 0.3) is 5.92 Å². The van der Waals surface area contributed by atoms with E-state index < -0.39 is 31.1 Å². The number of halogens is 3. The van der Waals surface area contributed by atoms with Crippen LogP contribution in [0.25, 0.3) is 27.7 Å². The lowest BCUT2D eigenvalue weighted by Crippen LogP contribution is -2.38. The van der Waals surface area contributed by atoms with Crippen molar-refractivity contribution in [2.24, 2.45) is 0 Å². The van der Waals surface area contributed by atoms with E-state index in [0.717, 1.165) is 16.0 Å². The van der Waals surface area contributed by atoms with Gasteiger partial charge in [-0.2, -0.15) is 4.98 Å². The van der Waals surface area contributed by atoms with Crippen LogP contribution in [-0.4, -0.2) is 79.2 Å². The quantitative estimate of drug-likeness (QED) is 0.458. The molecule has 178 valence electrons. The Morgan fingerprint density at radius 3 is 2.85 bits per heavy atom. The average molecular weight is 474 g/mol. The lowest BCUT2D eigenvalue weighted by molar-refractivity contribution is -0.129. The molecule has 0 bridgehead atoms. The summed E-state index contributed by atoms with van der Waals surface area (Å²) in [6.07, 6.45) is 1.66. The fourth-order valence-corrected chi connectivity index (χ4v) is 4.14. The minimum atomic E-state index is -3.13. The Bertz CT molecular complexity index is 1390. The highest BCUT2D eigenvalue weighted by Crippen LogP contribution is 2.34. The number of likely N-dealkylation sites (tertiary alicyclic amines) is 1. The molecule has 1 amide bonds. The minimum absolute atomic E-state index is 0.0535. The zero-order valence-corrected chi connectivity index (χ0v) is 18.4. The van der Waals surface area contributed by atoms with Crippen LogP contribution >= 0.6 is 0 Å². The monoisotopic (exact) mass is 474 g/mol. The van der Waals surface area contributed by atoms with Gasteiger partial charge in [-0.05, 0) is 23.8 Å². The fraction of sp³-hybridized carbons (Fsp3) is 0.381. The summed E-state index contributed by atoms with van der Waals surface area (Å²) in [6, 6.07) is 5.92. The van der Waals surface area contributed by atoms with Gasteiger partial charge in [-0.25, -0.2) is 22.4 Å². The number of aryl methyl sites for hydroxylation is 1. The van der Waals surface area contributed by atoms with Gasteiger partial charge in [-0.15, -0.1) is 10.2 Å². The van der Waals surface area contributed by atoms with Crippen molar-refractivity contribution < 1.29 is 22.7 Å². The van der Waals surface area contributed by atoms with E-state index in [-0.39, 0.29) is 24.9 Å². The van der Waals surface area contributed by atoms with Crippen molar-refractivity contribution in [1.82, 2.24) is 34.5 Å². The van der Waals surface area contributed by atoms with Crippen LogP contribution in [0.2, 0.25) is 0 Å².